The van der Waals surface area contributed by atoms with Crippen molar-refractivity contribution in [1.29, 1.82) is 5.26 Å². The van der Waals surface area contributed by atoms with E-state index in [1.807, 2.05) is 6.07 Å². The van der Waals surface area contributed by atoms with E-state index in [1.165, 1.54) is 6.20 Å². The molecule has 0 fully saturated rings. The molecule has 0 radical (unpaired) electrons. The highest BCUT2D eigenvalue weighted by molar-refractivity contribution is 5.75. The first-order valence-corrected chi connectivity index (χ1v) is 4.51. The molecule has 1 aromatic heterocycles. The summed E-state index contributed by atoms with van der Waals surface area (Å²) in [4.78, 5) is 14.8. The molecule has 0 amide bonds. The van der Waals surface area contributed by atoms with Gasteiger partial charge in [-0.15, -0.1) is 0 Å². The second kappa shape index (κ2) is 5.60. The molecule has 0 aromatic carbocycles. The molecule has 1 aromatic rings. The first-order chi connectivity index (χ1) is 7.27. The highest BCUT2D eigenvalue weighted by atomic mass is 16.5. The molecule has 1 rings (SSSR count). The fourth-order valence-electron chi connectivity index (χ4n) is 1.02. The second-order valence-corrected chi connectivity index (χ2v) is 2.69. The Morgan fingerprint density at radius 2 is 2.53 bits per heavy atom. The van der Waals surface area contributed by atoms with Crippen molar-refractivity contribution >= 4 is 11.7 Å². The van der Waals surface area contributed by atoms with E-state index < -0.39 is 0 Å². The summed E-state index contributed by atoms with van der Waals surface area (Å²) < 4.78 is 4.74. The zero-order valence-electron chi connectivity index (χ0n) is 8.36. The number of hydrogen-bond acceptors (Lipinski definition) is 5. The van der Waals surface area contributed by atoms with Gasteiger partial charge in [-0.25, -0.2) is 0 Å². The number of nitrogens with zero attached hydrogens (tertiary/aromatic N) is 2. The number of aromatic nitrogens is 1. The number of pyridine rings is 1. The van der Waals surface area contributed by atoms with Gasteiger partial charge >= 0.3 is 5.97 Å². The van der Waals surface area contributed by atoms with Gasteiger partial charge in [-0.2, -0.15) is 5.26 Å². The molecule has 0 aliphatic rings. The van der Waals surface area contributed by atoms with Gasteiger partial charge in [0.2, 0.25) is 0 Å². The largest absolute Gasteiger partial charge is 0.465 e. The van der Waals surface area contributed by atoms with Crippen molar-refractivity contribution in [2.24, 2.45) is 0 Å². The highest BCUT2D eigenvalue weighted by Gasteiger charge is 2.04. The van der Waals surface area contributed by atoms with E-state index in [1.54, 1.807) is 19.2 Å². The van der Waals surface area contributed by atoms with Gasteiger partial charge in [-0.3, -0.25) is 9.78 Å². The Morgan fingerprint density at radius 3 is 3.20 bits per heavy atom. The molecule has 78 valence electrons. The number of nitrogens with one attached hydrogen (secondary N) is 1. The molecule has 0 aliphatic heterocycles. The minimum atomic E-state index is -0.349. The molecule has 0 aliphatic carbocycles. The van der Waals surface area contributed by atoms with Crippen molar-refractivity contribution in [3.63, 3.8) is 0 Å². The second-order valence-electron chi connectivity index (χ2n) is 2.69. The van der Waals surface area contributed by atoms with Crippen LogP contribution in [0.1, 0.15) is 12.5 Å². The third kappa shape index (κ3) is 3.27. The van der Waals surface area contributed by atoms with Gasteiger partial charge in [-0.1, -0.05) is 0 Å². The lowest BCUT2D eigenvalue weighted by molar-refractivity contribution is -0.140. The fourth-order valence-corrected chi connectivity index (χ4v) is 1.02. The summed E-state index contributed by atoms with van der Waals surface area (Å²) in [5, 5.41) is 11.6. The highest BCUT2D eigenvalue weighted by Crippen LogP contribution is 2.11. The minimum absolute atomic E-state index is 0.0481. The van der Waals surface area contributed by atoms with Gasteiger partial charge in [0.15, 0.2) is 0 Å². The predicted octanol–water partition coefficient (Wildman–Crippen LogP) is 0.928. The monoisotopic (exact) mass is 205 g/mol. The van der Waals surface area contributed by atoms with E-state index in [4.69, 9.17) is 10.00 Å². The zero-order chi connectivity index (χ0) is 11.1. The molecule has 0 saturated carbocycles. The Labute approximate surface area is 87.7 Å². The molecule has 15 heavy (non-hydrogen) atoms. The molecule has 0 bridgehead atoms. The van der Waals surface area contributed by atoms with Crippen LogP contribution >= 0.6 is 0 Å². The number of carbonyl (C=O) groups excluding carboxylic acids is 1. The summed E-state index contributed by atoms with van der Waals surface area (Å²) in [5.74, 6) is -0.349. The van der Waals surface area contributed by atoms with Crippen LogP contribution in [0, 0.1) is 11.3 Å². The molecule has 1 N–H and O–H groups in total. The Kier molecular flexibility index (Phi) is 4.10. The number of hydrogen-bond donors (Lipinski definition) is 1. The number of carbonyl (C=O) groups is 1. The molecular weight excluding hydrogens is 194 g/mol. The molecule has 5 nitrogen and oxygen atoms in total. The van der Waals surface area contributed by atoms with E-state index in [2.05, 4.69) is 10.3 Å². The van der Waals surface area contributed by atoms with Crippen LogP contribution in [0.4, 0.5) is 5.69 Å². The number of anilines is 1. The Morgan fingerprint density at radius 1 is 1.73 bits per heavy atom. The SMILES string of the molecule is CCOC(=O)CNc1ccncc1C#N. The van der Waals surface area contributed by atoms with Crippen LogP contribution in [0.5, 0.6) is 0 Å². The summed E-state index contributed by atoms with van der Waals surface area (Å²) in [6.07, 6.45) is 2.99. The third-order valence-corrected chi connectivity index (χ3v) is 1.67. The topological polar surface area (TPSA) is 75.0 Å². The maximum atomic E-state index is 11.0. The first kappa shape index (κ1) is 11.0. The van der Waals surface area contributed by atoms with E-state index in [0.717, 1.165) is 0 Å². The van der Waals surface area contributed by atoms with Gasteiger partial charge in [0.05, 0.1) is 17.9 Å². The normalized spacial score (nSPS) is 9.07. The Bertz CT molecular complexity index is 384. The standard InChI is InChI=1S/C10H11N3O2/c1-2-15-10(14)7-13-9-3-4-12-6-8(9)5-11/h3-4,6H,2,7H2,1H3,(H,12,13). The summed E-state index contributed by atoms with van der Waals surface area (Å²) in [6, 6.07) is 3.61. The molecule has 0 atom stereocenters. The molecule has 1 heterocycles. The smallest absolute Gasteiger partial charge is 0.325 e. The Balaban J connectivity index is 2.58. The van der Waals surface area contributed by atoms with Crippen LogP contribution in [0.25, 0.3) is 0 Å². The van der Waals surface area contributed by atoms with Gasteiger partial charge in [0.25, 0.3) is 0 Å². The van der Waals surface area contributed by atoms with Crippen LogP contribution < -0.4 is 5.32 Å². The predicted molar refractivity (Wildman–Crippen MR) is 54.1 cm³/mol. The van der Waals surface area contributed by atoms with Crippen molar-refractivity contribution in [1.82, 2.24) is 4.98 Å². The lowest BCUT2D eigenvalue weighted by atomic mass is 10.2. The first-order valence-electron chi connectivity index (χ1n) is 4.51. The van der Waals surface area contributed by atoms with Crippen LogP contribution in [0.3, 0.4) is 0 Å². The lowest BCUT2D eigenvalue weighted by Gasteiger charge is -2.06. The summed E-state index contributed by atoms with van der Waals surface area (Å²) in [5.41, 5.74) is 0.988. The summed E-state index contributed by atoms with van der Waals surface area (Å²) in [7, 11) is 0. The number of ether oxygens (including phenoxy) is 1. The average molecular weight is 205 g/mol. The van der Waals surface area contributed by atoms with Gasteiger partial charge in [0.1, 0.15) is 12.6 Å². The van der Waals surface area contributed by atoms with Crippen LogP contribution in [0.15, 0.2) is 18.5 Å². The summed E-state index contributed by atoms with van der Waals surface area (Å²) >= 11 is 0. The quantitative estimate of drug-likeness (QED) is 0.740. The van der Waals surface area contributed by atoms with Crippen molar-refractivity contribution in [2.45, 2.75) is 6.92 Å². The van der Waals surface area contributed by atoms with Crippen molar-refractivity contribution in [3.05, 3.63) is 24.0 Å². The van der Waals surface area contributed by atoms with Crippen molar-refractivity contribution in [2.75, 3.05) is 18.5 Å². The Hall–Kier alpha value is -2.09. The molecule has 0 saturated heterocycles. The number of rotatable bonds is 4. The maximum Gasteiger partial charge on any atom is 0.325 e. The zero-order valence-corrected chi connectivity index (χ0v) is 8.36. The lowest BCUT2D eigenvalue weighted by Crippen LogP contribution is -2.17. The minimum Gasteiger partial charge on any atom is -0.465 e. The number of esters is 1. The molecule has 0 unspecified atom stereocenters. The molecule has 0 spiro atoms. The fraction of sp³-hybridized carbons (Fsp3) is 0.300. The number of nitriles is 1. The van der Waals surface area contributed by atoms with Crippen LogP contribution in [-0.2, 0) is 9.53 Å². The van der Waals surface area contributed by atoms with E-state index in [0.29, 0.717) is 17.9 Å². The molecule has 5 heteroatoms. The van der Waals surface area contributed by atoms with Gasteiger partial charge in [0, 0.05) is 12.4 Å². The van der Waals surface area contributed by atoms with Crippen molar-refractivity contribution in [3.8, 4) is 6.07 Å². The van der Waals surface area contributed by atoms with Gasteiger partial charge < -0.3 is 10.1 Å². The molecular formula is C10H11N3O2. The van der Waals surface area contributed by atoms with Crippen LogP contribution in [-0.4, -0.2) is 24.1 Å². The average Bonchev–Trinajstić information content (AvgIpc) is 2.27. The third-order valence-electron chi connectivity index (χ3n) is 1.67. The van der Waals surface area contributed by atoms with Gasteiger partial charge in [-0.05, 0) is 13.0 Å². The summed E-state index contributed by atoms with van der Waals surface area (Å²) in [6.45, 7) is 2.14. The van der Waals surface area contributed by atoms with Crippen molar-refractivity contribution < 1.29 is 9.53 Å². The van der Waals surface area contributed by atoms with E-state index in [-0.39, 0.29) is 12.5 Å². The van der Waals surface area contributed by atoms with E-state index >= 15 is 0 Å². The maximum absolute atomic E-state index is 11.0. The van der Waals surface area contributed by atoms with Crippen LogP contribution in [0.2, 0.25) is 0 Å². The van der Waals surface area contributed by atoms with E-state index in [9.17, 15) is 4.79 Å².